The summed E-state index contributed by atoms with van der Waals surface area (Å²) in [6.45, 7) is 1.96. The van der Waals surface area contributed by atoms with Crippen LogP contribution < -0.4 is 10.1 Å². The maximum Gasteiger partial charge on any atom is 0.265 e. The highest BCUT2D eigenvalue weighted by Crippen LogP contribution is 2.23. The molecule has 0 saturated heterocycles. The highest BCUT2D eigenvalue weighted by Gasteiger charge is 2.06. The summed E-state index contributed by atoms with van der Waals surface area (Å²) in [4.78, 5) is 17.0. The highest BCUT2D eigenvalue weighted by molar-refractivity contribution is 9.10. The van der Waals surface area contributed by atoms with Crippen molar-refractivity contribution >= 4 is 33.7 Å². The molecule has 3 aromatic carbocycles. The molecular weight excluding hydrogens is 451 g/mol. The van der Waals surface area contributed by atoms with Crippen LogP contribution in [0.15, 0.2) is 76.4 Å². The third-order valence-electron chi connectivity index (χ3n) is 4.05. The highest BCUT2D eigenvalue weighted by atomic mass is 79.9. The first-order valence-electron chi connectivity index (χ1n) is 9.18. The van der Waals surface area contributed by atoms with E-state index in [0.717, 1.165) is 10.0 Å². The second kappa shape index (κ2) is 10.5. The molecule has 0 aliphatic carbocycles. The van der Waals surface area contributed by atoms with E-state index in [1.54, 1.807) is 24.3 Å². The minimum Gasteiger partial charge on any atom is -0.488 e. The van der Waals surface area contributed by atoms with Gasteiger partial charge >= 0.3 is 0 Å². The van der Waals surface area contributed by atoms with Gasteiger partial charge in [0.15, 0.2) is 6.61 Å². The van der Waals surface area contributed by atoms with Crippen LogP contribution in [0.2, 0.25) is 0 Å². The van der Waals surface area contributed by atoms with Crippen LogP contribution in [0.25, 0.3) is 0 Å². The van der Waals surface area contributed by atoms with Crippen molar-refractivity contribution in [1.82, 2.24) is 0 Å². The Morgan fingerprint density at radius 2 is 1.93 bits per heavy atom. The molecule has 0 aromatic heterocycles. The third-order valence-corrected chi connectivity index (χ3v) is 4.55. The molecule has 3 rings (SSSR count). The van der Waals surface area contributed by atoms with Crippen molar-refractivity contribution in [2.45, 2.75) is 13.5 Å². The molecule has 0 unspecified atom stereocenters. The Morgan fingerprint density at radius 3 is 2.70 bits per heavy atom. The lowest BCUT2D eigenvalue weighted by atomic mass is 10.2. The Balaban J connectivity index is 1.55. The molecule has 30 heavy (non-hydrogen) atoms. The zero-order valence-electron chi connectivity index (χ0n) is 16.3. The van der Waals surface area contributed by atoms with Crippen LogP contribution in [0.3, 0.4) is 0 Å². The van der Waals surface area contributed by atoms with Crippen molar-refractivity contribution in [2.24, 2.45) is 5.16 Å². The molecule has 3 aromatic rings. The Labute approximate surface area is 182 Å². The van der Waals surface area contributed by atoms with Crippen LogP contribution in [-0.4, -0.2) is 18.7 Å². The Kier molecular flexibility index (Phi) is 7.57. The van der Waals surface area contributed by atoms with Gasteiger partial charge in [0.1, 0.15) is 18.2 Å². The fourth-order valence-electron chi connectivity index (χ4n) is 2.56. The number of rotatable bonds is 8. The standard InChI is InChI=1S/C23H20BrFN2O3/c1-16-5-8-21(9-6-16)27-23(28)15-30-26-13-18-12-19(24)7-10-22(18)29-14-17-3-2-4-20(25)11-17/h2-13H,14-15H2,1H3,(H,27,28)/b26-13+. The van der Waals surface area contributed by atoms with Gasteiger partial charge in [0.2, 0.25) is 0 Å². The van der Waals surface area contributed by atoms with E-state index >= 15 is 0 Å². The first kappa shape index (κ1) is 21.5. The fourth-order valence-corrected chi connectivity index (χ4v) is 2.94. The summed E-state index contributed by atoms with van der Waals surface area (Å²) in [6, 6.07) is 19.1. The fraction of sp³-hybridized carbons (Fsp3) is 0.130. The number of carbonyl (C=O) groups is 1. The maximum atomic E-state index is 13.3. The van der Waals surface area contributed by atoms with Crippen LogP contribution in [0.4, 0.5) is 10.1 Å². The molecule has 5 nitrogen and oxygen atoms in total. The first-order valence-corrected chi connectivity index (χ1v) is 9.97. The Bertz CT molecular complexity index is 1040. The van der Waals surface area contributed by atoms with Gasteiger partial charge < -0.3 is 14.9 Å². The summed E-state index contributed by atoms with van der Waals surface area (Å²) in [5.41, 5.74) is 3.17. The Hall–Kier alpha value is -3.19. The van der Waals surface area contributed by atoms with Crippen LogP contribution in [0.5, 0.6) is 5.75 Å². The number of anilines is 1. The molecule has 0 aliphatic rings. The summed E-state index contributed by atoms with van der Waals surface area (Å²) in [5, 5.41) is 6.59. The predicted octanol–water partition coefficient (Wildman–Crippen LogP) is 5.46. The number of aryl methyl sites for hydroxylation is 1. The Morgan fingerprint density at radius 1 is 1.13 bits per heavy atom. The molecule has 0 bridgehead atoms. The van der Waals surface area contributed by atoms with Gasteiger partial charge in [-0.05, 0) is 55.0 Å². The van der Waals surface area contributed by atoms with Gasteiger partial charge in [-0.15, -0.1) is 0 Å². The third kappa shape index (κ3) is 6.70. The zero-order valence-corrected chi connectivity index (χ0v) is 17.9. The van der Waals surface area contributed by atoms with Gasteiger partial charge in [-0.3, -0.25) is 4.79 Å². The van der Waals surface area contributed by atoms with Gasteiger partial charge in [0.05, 0.1) is 6.21 Å². The van der Waals surface area contributed by atoms with E-state index in [1.807, 2.05) is 37.3 Å². The molecule has 0 heterocycles. The maximum absolute atomic E-state index is 13.3. The second-order valence-electron chi connectivity index (χ2n) is 6.52. The molecule has 7 heteroatoms. The lowest BCUT2D eigenvalue weighted by molar-refractivity contribution is -0.120. The number of benzene rings is 3. The van der Waals surface area contributed by atoms with Gasteiger partial charge in [0, 0.05) is 15.7 Å². The van der Waals surface area contributed by atoms with Gasteiger partial charge in [-0.1, -0.05) is 50.9 Å². The first-order chi connectivity index (χ1) is 14.5. The number of hydrogen-bond acceptors (Lipinski definition) is 4. The molecular formula is C23H20BrFN2O3. The molecule has 1 amide bonds. The normalized spacial score (nSPS) is 10.8. The topological polar surface area (TPSA) is 59.9 Å². The average Bonchev–Trinajstić information content (AvgIpc) is 2.72. The number of ether oxygens (including phenoxy) is 1. The van der Waals surface area contributed by atoms with Crippen molar-refractivity contribution < 1.29 is 18.8 Å². The predicted molar refractivity (Wildman–Crippen MR) is 118 cm³/mol. The zero-order chi connectivity index (χ0) is 21.3. The number of nitrogens with one attached hydrogen (secondary N) is 1. The summed E-state index contributed by atoms with van der Waals surface area (Å²) in [7, 11) is 0. The number of amides is 1. The van der Waals surface area contributed by atoms with E-state index in [2.05, 4.69) is 26.4 Å². The monoisotopic (exact) mass is 470 g/mol. The number of halogens is 2. The molecule has 0 saturated carbocycles. The van der Waals surface area contributed by atoms with E-state index in [0.29, 0.717) is 22.6 Å². The van der Waals surface area contributed by atoms with E-state index in [1.165, 1.54) is 18.3 Å². The van der Waals surface area contributed by atoms with Crippen LogP contribution >= 0.6 is 15.9 Å². The molecule has 0 atom stereocenters. The van der Waals surface area contributed by atoms with Crippen LogP contribution in [0, 0.1) is 12.7 Å². The molecule has 0 aliphatic heterocycles. The lowest BCUT2D eigenvalue weighted by Gasteiger charge is -2.10. The smallest absolute Gasteiger partial charge is 0.265 e. The number of carbonyl (C=O) groups excluding carboxylic acids is 1. The van der Waals surface area contributed by atoms with Gasteiger partial charge in [-0.2, -0.15) is 0 Å². The van der Waals surface area contributed by atoms with Crippen molar-refractivity contribution in [2.75, 3.05) is 11.9 Å². The summed E-state index contributed by atoms with van der Waals surface area (Å²) in [5.74, 6) is -0.0715. The minimum absolute atomic E-state index is 0.208. The quantitative estimate of drug-likeness (QED) is 0.351. The van der Waals surface area contributed by atoms with Gasteiger partial charge in [-0.25, -0.2) is 4.39 Å². The van der Waals surface area contributed by atoms with Crippen molar-refractivity contribution in [3.05, 3.63) is 93.7 Å². The van der Waals surface area contributed by atoms with E-state index in [9.17, 15) is 9.18 Å². The molecule has 0 radical (unpaired) electrons. The second-order valence-corrected chi connectivity index (χ2v) is 7.44. The summed E-state index contributed by atoms with van der Waals surface area (Å²) >= 11 is 3.40. The average molecular weight is 471 g/mol. The number of hydrogen-bond donors (Lipinski definition) is 1. The SMILES string of the molecule is Cc1ccc(NC(=O)CO/N=C/c2cc(Br)ccc2OCc2cccc(F)c2)cc1. The largest absolute Gasteiger partial charge is 0.488 e. The number of nitrogens with zero attached hydrogens (tertiary/aromatic N) is 1. The molecule has 0 spiro atoms. The van der Waals surface area contributed by atoms with Crippen LogP contribution in [-0.2, 0) is 16.2 Å². The van der Waals surface area contributed by atoms with Crippen molar-refractivity contribution in [3.63, 3.8) is 0 Å². The van der Waals surface area contributed by atoms with E-state index < -0.39 is 0 Å². The molecule has 0 fully saturated rings. The van der Waals surface area contributed by atoms with Crippen LogP contribution in [0.1, 0.15) is 16.7 Å². The summed E-state index contributed by atoms with van der Waals surface area (Å²) < 4.78 is 19.9. The van der Waals surface area contributed by atoms with Crippen molar-refractivity contribution in [3.8, 4) is 5.75 Å². The van der Waals surface area contributed by atoms with E-state index in [-0.39, 0.29) is 24.9 Å². The summed E-state index contributed by atoms with van der Waals surface area (Å²) in [6.07, 6.45) is 1.46. The lowest BCUT2D eigenvalue weighted by Crippen LogP contribution is -2.16. The number of oxime groups is 1. The molecule has 154 valence electrons. The van der Waals surface area contributed by atoms with Gasteiger partial charge in [0.25, 0.3) is 5.91 Å². The molecule has 1 N–H and O–H groups in total. The minimum atomic E-state index is -0.314. The van der Waals surface area contributed by atoms with Crippen molar-refractivity contribution in [1.29, 1.82) is 0 Å². The van der Waals surface area contributed by atoms with E-state index in [4.69, 9.17) is 9.57 Å².